The molecule has 1 aliphatic heterocycles. The van der Waals surface area contributed by atoms with E-state index in [0.717, 1.165) is 18.7 Å². The molecule has 2 heteroatoms. The van der Waals surface area contributed by atoms with Gasteiger partial charge in [0.05, 0.1) is 6.54 Å². The number of rotatable bonds is 4. The zero-order chi connectivity index (χ0) is 10.8. The van der Waals surface area contributed by atoms with Gasteiger partial charge in [0.15, 0.2) is 5.78 Å². The maximum absolute atomic E-state index is 11.7. The number of nitrogens with zero attached hydrogens (tertiary/aromatic N) is 1. The maximum atomic E-state index is 11.7. The average Bonchev–Trinajstić information content (AvgIpc) is 3.02. The van der Waals surface area contributed by atoms with Gasteiger partial charge in [-0.3, -0.25) is 9.69 Å². The predicted molar refractivity (Wildman–Crippen MR) is 61.3 cm³/mol. The molecule has 15 heavy (non-hydrogen) atoms. The van der Waals surface area contributed by atoms with Crippen LogP contribution in [0.5, 0.6) is 0 Å². The van der Waals surface area contributed by atoms with E-state index in [9.17, 15) is 4.79 Å². The molecule has 1 saturated heterocycles. The van der Waals surface area contributed by atoms with Crippen molar-refractivity contribution in [1.29, 1.82) is 0 Å². The molecule has 0 bridgehead atoms. The minimum absolute atomic E-state index is 0.239. The molecule has 0 amide bonds. The first-order chi connectivity index (χ1) is 7.16. The Kier molecular flexibility index (Phi) is 2.87. The third-order valence-corrected chi connectivity index (χ3v) is 2.81. The van der Waals surface area contributed by atoms with Crippen molar-refractivity contribution in [2.45, 2.75) is 19.8 Å². The summed E-state index contributed by atoms with van der Waals surface area (Å²) in [5.74, 6) is 0.768. The number of hydrogen-bond acceptors (Lipinski definition) is 2. The van der Waals surface area contributed by atoms with Gasteiger partial charge in [-0.2, -0.15) is 0 Å². The Morgan fingerprint density at radius 2 is 1.87 bits per heavy atom. The van der Waals surface area contributed by atoms with Crippen LogP contribution in [0.25, 0.3) is 0 Å². The lowest BCUT2D eigenvalue weighted by atomic mass is 10.0. The van der Waals surface area contributed by atoms with E-state index in [1.165, 1.54) is 5.56 Å². The van der Waals surface area contributed by atoms with E-state index < -0.39 is 0 Å². The van der Waals surface area contributed by atoms with Crippen LogP contribution in [0.3, 0.4) is 0 Å². The number of benzene rings is 1. The molecule has 1 aromatic rings. The first kappa shape index (κ1) is 10.4. The fourth-order valence-corrected chi connectivity index (χ4v) is 1.58. The van der Waals surface area contributed by atoms with Gasteiger partial charge in [-0.25, -0.2) is 0 Å². The molecule has 0 saturated carbocycles. The van der Waals surface area contributed by atoms with Crippen molar-refractivity contribution in [2.75, 3.05) is 19.6 Å². The zero-order valence-electron chi connectivity index (χ0n) is 9.36. The smallest absolute Gasteiger partial charge is 0.176 e. The number of carbonyl (C=O) groups is 1. The summed E-state index contributed by atoms with van der Waals surface area (Å²) in [5, 5.41) is 0. The van der Waals surface area contributed by atoms with E-state index in [1.807, 2.05) is 12.1 Å². The molecule has 0 N–H and O–H groups in total. The summed E-state index contributed by atoms with van der Waals surface area (Å²) in [5.41, 5.74) is 2.13. The lowest BCUT2D eigenvalue weighted by Gasteiger charge is -2.06. The van der Waals surface area contributed by atoms with Gasteiger partial charge in [-0.15, -0.1) is 0 Å². The SMILES string of the molecule is CC(C)c1ccc(C(=O)CN2CC2)cc1. The Morgan fingerprint density at radius 1 is 1.27 bits per heavy atom. The first-order valence-corrected chi connectivity index (χ1v) is 5.52. The summed E-state index contributed by atoms with van der Waals surface area (Å²) in [6.07, 6.45) is 0. The Hall–Kier alpha value is -1.15. The van der Waals surface area contributed by atoms with Crippen LogP contribution in [-0.4, -0.2) is 30.3 Å². The molecule has 2 rings (SSSR count). The molecule has 2 nitrogen and oxygen atoms in total. The zero-order valence-corrected chi connectivity index (χ0v) is 9.36. The third-order valence-electron chi connectivity index (χ3n) is 2.81. The van der Waals surface area contributed by atoms with Crippen molar-refractivity contribution in [2.24, 2.45) is 0 Å². The van der Waals surface area contributed by atoms with Gasteiger partial charge in [-0.05, 0) is 11.5 Å². The van der Waals surface area contributed by atoms with Gasteiger partial charge in [0, 0.05) is 18.7 Å². The van der Waals surface area contributed by atoms with Crippen LogP contribution in [0.15, 0.2) is 24.3 Å². The Bertz CT molecular complexity index is 349. The van der Waals surface area contributed by atoms with Crippen LogP contribution in [0.1, 0.15) is 35.7 Å². The number of carbonyl (C=O) groups excluding carboxylic acids is 1. The van der Waals surface area contributed by atoms with Gasteiger partial charge in [0.2, 0.25) is 0 Å². The van der Waals surface area contributed by atoms with E-state index in [1.54, 1.807) is 0 Å². The fourth-order valence-electron chi connectivity index (χ4n) is 1.58. The molecule has 1 aliphatic rings. The molecule has 1 fully saturated rings. The average molecular weight is 203 g/mol. The summed E-state index contributed by atoms with van der Waals surface area (Å²) in [6, 6.07) is 8.00. The summed E-state index contributed by atoms with van der Waals surface area (Å²) in [7, 11) is 0. The van der Waals surface area contributed by atoms with Crippen molar-refractivity contribution < 1.29 is 4.79 Å². The van der Waals surface area contributed by atoms with E-state index in [-0.39, 0.29) is 5.78 Å². The molecule has 0 radical (unpaired) electrons. The van der Waals surface area contributed by atoms with Crippen LogP contribution >= 0.6 is 0 Å². The van der Waals surface area contributed by atoms with Gasteiger partial charge in [0.25, 0.3) is 0 Å². The molecule has 0 aromatic heterocycles. The predicted octanol–water partition coefficient (Wildman–Crippen LogP) is 2.31. The molecule has 1 aromatic carbocycles. The van der Waals surface area contributed by atoms with E-state index in [4.69, 9.17) is 0 Å². The standard InChI is InChI=1S/C13H17NO/c1-10(2)11-3-5-12(6-4-11)13(15)9-14-7-8-14/h3-6,10H,7-9H2,1-2H3. The van der Waals surface area contributed by atoms with Crippen LogP contribution in [0.2, 0.25) is 0 Å². The molecule has 0 aliphatic carbocycles. The van der Waals surface area contributed by atoms with Crippen LogP contribution in [0.4, 0.5) is 0 Å². The summed E-state index contributed by atoms with van der Waals surface area (Å²) >= 11 is 0. The molecule has 0 unspecified atom stereocenters. The van der Waals surface area contributed by atoms with E-state index in [2.05, 4.69) is 30.9 Å². The Morgan fingerprint density at radius 3 is 2.33 bits per heavy atom. The maximum Gasteiger partial charge on any atom is 0.176 e. The van der Waals surface area contributed by atoms with Gasteiger partial charge >= 0.3 is 0 Å². The summed E-state index contributed by atoms with van der Waals surface area (Å²) in [4.78, 5) is 13.9. The third kappa shape index (κ3) is 2.66. The van der Waals surface area contributed by atoms with Gasteiger partial charge < -0.3 is 0 Å². The Labute approximate surface area is 90.9 Å². The second-order valence-corrected chi connectivity index (χ2v) is 4.48. The quantitative estimate of drug-likeness (QED) is 0.553. The second kappa shape index (κ2) is 4.15. The van der Waals surface area contributed by atoms with Crippen molar-refractivity contribution in [1.82, 2.24) is 4.90 Å². The molecule has 0 atom stereocenters. The molecule has 0 spiro atoms. The van der Waals surface area contributed by atoms with Crippen molar-refractivity contribution >= 4 is 5.78 Å². The molecular weight excluding hydrogens is 186 g/mol. The van der Waals surface area contributed by atoms with Crippen LogP contribution in [-0.2, 0) is 0 Å². The Balaban J connectivity index is 2.04. The van der Waals surface area contributed by atoms with Crippen LogP contribution in [0, 0.1) is 0 Å². The highest BCUT2D eigenvalue weighted by Crippen LogP contribution is 2.15. The molecule has 80 valence electrons. The highest BCUT2D eigenvalue weighted by atomic mass is 16.1. The molecule has 1 heterocycles. The lowest BCUT2D eigenvalue weighted by molar-refractivity contribution is 0.0974. The monoisotopic (exact) mass is 203 g/mol. The number of hydrogen-bond donors (Lipinski definition) is 0. The van der Waals surface area contributed by atoms with Crippen molar-refractivity contribution in [3.63, 3.8) is 0 Å². The summed E-state index contributed by atoms with van der Waals surface area (Å²) in [6.45, 7) is 7.06. The van der Waals surface area contributed by atoms with Gasteiger partial charge in [-0.1, -0.05) is 38.1 Å². The fraction of sp³-hybridized carbons (Fsp3) is 0.462. The topological polar surface area (TPSA) is 20.1 Å². The largest absolute Gasteiger partial charge is 0.293 e. The number of Topliss-reactive ketones (excluding diaryl/α,β-unsaturated/α-hetero) is 1. The second-order valence-electron chi connectivity index (χ2n) is 4.48. The van der Waals surface area contributed by atoms with Crippen molar-refractivity contribution in [3.8, 4) is 0 Å². The minimum Gasteiger partial charge on any atom is -0.293 e. The lowest BCUT2D eigenvalue weighted by Crippen LogP contribution is -2.12. The summed E-state index contributed by atoms with van der Waals surface area (Å²) < 4.78 is 0. The van der Waals surface area contributed by atoms with Crippen LogP contribution < -0.4 is 0 Å². The van der Waals surface area contributed by atoms with Gasteiger partial charge in [0.1, 0.15) is 0 Å². The molecular formula is C13H17NO. The van der Waals surface area contributed by atoms with E-state index >= 15 is 0 Å². The highest BCUT2D eigenvalue weighted by molar-refractivity contribution is 5.97. The first-order valence-electron chi connectivity index (χ1n) is 5.52. The minimum atomic E-state index is 0.239. The number of ketones is 1. The van der Waals surface area contributed by atoms with E-state index in [0.29, 0.717) is 12.5 Å². The van der Waals surface area contributed by atoms with Crippen molar-refractivity contribution in [3.05, 3.63) is 35.4 Å². The normalized spacial score (nSPS) is 15.7. The highest BCUT2D eigenvalue weighted by Gasteiger charge is 2.20.